The third-order valence-electron chi connectivity index (χ3n) is 3.18. The Bertz CT molecular complexity index is 262. The molecule has 1 saturated carbocycles. The van der Waals surface area contributed by atoms with Gasteiger partial charge in [-0.25, -0.2) is 10.1 Å². The van der Waals surface area contributed by atoms with Gasteiger partial charge in [-0.15, -0.1) is 0 Å². The molecule has 0 spiro atoms. The van der Waals surface area contributed by atoms with Gasteiger partial charge in [0.05, 0.1) is 0 Å². The largest absolute Gasteiger partial charge is 0.365 e. The maximum atomic E-state index is 10.2. The molecule has 0 heterocycles. The highest BCUT2D eigenvalue weighted by molar-refractivity contribution is 5.77. The topological polar surface area (TPSA) is 93.5 Å². The van der Waals surface area contributed by atoms with Crippen LogP contribution in [0.5, 0.6) is 0 Å². The highest BCUT2D eigenvalue weighted by Gasteiger charge is 2.23. The standard InChI is InChI=1S/C10H20N4O2/c1-2-9(8-6-4-3-5-7-8)12-10(11)13-14(15)16/h8-9H,2-7H2,1H3,(H3,11,12,13)/t9-/m0/s1. The average molecular weight is 228 g/mol. The van der Waals surface area contributed by atoms with Crippen molar-refractivity contribution in [3.8, 4) is 0 Å². The number of hydrazone groups is 1. The molecule has 0 unspecified atom stereocenters. The van der Waals surface area contributed by atoms with Crippen molar-refractivity contribution in [1.82, 2.24) is 5.32 Å². The van der Waals surface area contributed by atoms with Gasteiger partial charge in [0.1, 0.15) is 5.10 Å². The van der Waals surface area contributed by atoms with Crippen LogP contribution in [-0.4, -0.2) is 17.0 Å². The molecule has 0 radical (unpaired) electrons. The molecule has 1 aliphatic carbocycles. The number of hydrogen-bond donors (Lipinski definition) is 2. The molecule has 1 atom stereocenters. The second-order valence-electron chi connectivity index (χ2n) is 4.28. The van der Waals surface area contributed by atoms with E-state index in [9.17, 15) is 10.1 Å². The van der Waals surface area contributed by atoms with E-state index in [-0.39, 0.29) is 12.0 Å². The summed E-state index contributed by atoms with van der Waals surface area (Å²) in [4.78, 5) is 10.2. The molecule has 1 aliphatic rings. The van der Waals surface area contributed by atoms with Gasteiger partial charge in [0, 0.05) is 6.04 Å². The van der Waals surface area contributed by atoms with Crippen LogP contribution in [0.25, 0.3) is 0 Å². The number of nitrogens with one attached hydrogen (secondary N) is 1. The molecule has 0 bridgehead atoms. The van der Waals surface area contributed by atoms with Crippen molar-refractivity contribution >= 4 is 5.96 Å². The van der Waals surface area contributed by atoms with E-state index in [1.54, 1.807) is 0 Å². The van der Waals surface area contributed by atoms with Crippen molar-refractivity contribution in [2.45, 2.75) is 51.5 Å². The first-order valence-electron chi connectivity index (χ1n) is 5.88. The number of hydrogen-bond acceptors (Lipinski definition) is 2. The summed E-state index contributed by atoms with van der Waals surface area (Å²) in [6.45, 7) is 2.06. The average Bonchev–Trinajstić information content (AvgIpc) is 2.26. The van der Waals surface area contributed by atoms with Crippen molar-refractivity contribution in [3.05, 3.63) is 10.1 Å². The molecular formula is C10H20N4O2. The van der Waals surface area contributed by atoms with E-state index < -0.39 is 5.03 Å². The molecule has 92 valence electrons. The number of nitro groups is 1. The third kappa shape index (κ3) is 4.04. The Balaban J connectivity index is 2.50. The summed E-state index contributed by atoms with van der Waals surface area (Å²) in [5, 5.41) is 15.4. The van der Waals surface area contributed by atoms with Gasteiger partial charge >= 0.3 is 0 Å². The van der Waals surface area contributed by atoms with Gasteiger partial charge in [0.15, 0.2) is 5.03 Å². The minimum atomic E-state index is -0.768. The first-order chi connectivity index (χ1) is 7.63. The van der Waals surface area contributed by atoms with E-state index in [0.29, 0.717) is 5.92 Å². The molecule has 0 aromatic heterocycles. The quantitative estimate of drug-likeness (QED) is 0.329. The predicted octanol–water partition coefficient (Wildman–Crippen LogP) is 1.44. The van der Waals surface area contributed by atoms with Gasteiger partial charge in [-0.3, -0.25) is 0 Å². The van der Waals surface area contributed by atoms with Crippen molar-refractivity contribution in [2.24, 2.45) is 16.8 Å². The summed E-state index contributed by atoms with van der Waals surface area (Å²) >= 11 is 0. The SMILES string of the molecule is CC[C@H](N/C(N)=N/[N+](=O)[O-])C1CCCCC1. The number of nitrogens with two attached hydrogens (primary N) is 1. The van der Waals surface area contributed by atoms with Crippen molar-refractivity contribution in [1.29, 1.82) is 0 Å². The predicted molar refractivity (Wildman–Crippen MR) is 62.4 cm³/mol. The van der Waals surface area contributed by atoms with Crippen LogP contribution in [0.15, 0.2) is 5.10 Å². The van der Waals surface area contributed by atoms with Crippen molar-refractivity contribution in [2.75, 3.05) is 0 Å². The summed E-state index contributed by atoms with van der Waals surface area (Å²) in [5.41, 5.74) is 5.45. The Kier molecular flexibility index (Phi) is 5.01. The van der Waals surface area contributed by atoms with E-state index >= 15 is 0 Å². The summed E-state index contributed by atoms with van der Waals surface area (Å²) in [6, 6.07) is 0.212. The Morgan fingerprint density at radius 2 is 2.19 bits per heavy atom. The lowest BCUT2D eigenvalue weighted by Gasteiger charge is -2.30. The fourth-order valence-corrected chi connectivity index (χ4v) is 2.40. The van der Waals surface area contributed by atoms with Crippen molar-refractivity contribution < 1.29 is 5.03 Å². The molecule has 1 fully saturated rings. The lowest BCUT2D eigenvalue weighted by atomic mass is 9.83. The van der Waals surface area contributed by atoms with Crippen LogP contribution in [0.3, 0.4) is 0 Å². The highest BCUT2D eigenvalue weighted by Crippen LogP contribution is 2.27. The fraction of sp³-hybridized carbons (Fsp3) is 0.900. The molecule has 0 aromatic rings. The molecule has 0 aliphatic heterocycles. The van der Waals surface area contributed by atoms with Crippen LogP contribution >= 0.6 is 0 Å². The Morgan fingerprint density at radius 3 is 2.69 bits per heavy atom. The number of guanidine groups is 1. The van der Waals surface area contributed by atoms with Gasteiger partial charge in [0.2, 0.25) is 0 Å². The normalized spacial score (nSPS) is 20.4. The van der Waals surface area contributed by atoms with E-state index in [0.717, 1.165) is 6.42 Å². The van der Waals surface area contributed by atoms with Crippen LogP contribution < -0.4 is 11.1 Å². The minimum Gasteiger partial charge on any atom is -0.365 e. The molecule has 0 amide bonds. The monoisotopic (exact) mass is 228 g/mol. The zero-order chi connectivity index (χ0) is 12.0. The number of nitrogens with zero attached hydrogens (tertiary/aromatic N) is 2. The Labute approximate surface area is 95.4 Å². The van der Waals surface area contributed by atoms with Crippen molar-refractivity contribution in [3.63, 3.8) is 0 Å². The molecule has 1 rings (SSSR count). The van der Waals surface area contributed by atoms with E-state index in [4.69, 9.17) is 5.73 Å². The third-order valence-corrected chi connectivity index (χ3v) is 3.18. The van der Waals surface area contributed by atoms with Crippen LogP contribution in [0.1, 0.15) is 45.4 Å². The lowest BCUT2D eigenvalue weighted by Crippen LogP contribution is -2.44. The Hall–Kier alpha value is -1.33. The lowest BCUT2D eigenvalue weighted by molar-refractivity contribution is -0.485. The molecule has 6 nitrogen and oxygen atoms in total. The fourth-order valence-electron chi connectivity index (χ4n) is 2.40. The first-order valence-corrected chi connectivity index (χ1v) is 5.88. The van der Waals surface area contributed by atoms with Crippen LogP contribution in [-0.2, 0) is 0 Å². The second-order valence-corrected chi connectivity index (χ2v) is 4.28. The highest BCUT2D eigenvalue weighted by atomic mass is 16.7. The summed E-state index contributed by atoms with van der Waals surface area (Å²) < 4.78 is 0. The molecule has 0 saturated heterocycles. The zero-order valence-corrected chi connectivity index (χ0v) is 9.69. The van der Waals surface area contributed by atoms with Crippen LogP contribution in [0, 0.1) is 16.0 Å². The molecule has 6 heteroatoms. The van der Waals surface area contributed by atoms with Crippen LogP contribution in [0.2, 0.25) is 0 Å². The van der Waals surface area contributed by atoms with Gasteiger partial charge < -0.3 is 11.1 Å². The second kappa shape index (κ2) is 6.30. The molecule has 3 N–H and O–H groups in total. The van der Waals surface area contributed by atoms with E-state index in [1.807, 2.05) is 0 Å². The van der Waals surface area contributed by atoms with Crippen LogP contribution in [0.4, 0.5) is 0 Å². The zero-order valence-electron chi connectivity index (χ0n) is 9.69. The smallest absolute Gasteiger partial charge is 0.266 e. The van der Waals surface area contributed by atoms with Gasteiger partial charge in [-0.1, -0.05) is 26.2 Å². The summed E-state index contributed by atoms with van der Waals surface area (Å²) in [7, 11) is 0. The molecule has 16 heavy (non-hydrogen) atoms. The van der Waals surface area contributed by atoms with Gasteiger partial charge in [-0.2, -0.15) is 0 Å². The van der Waals surface area contributed by atoms with Gasteiger partial charge in [0.25, 0.3) is 5.96 Å². The molecule has 0 aromatic carbocycles. The van der Waals surface area contributed by atoms with Gasteiger partial charge in [-0.05, 0) is 25.2 Å². The maximum Gasteiger partial charge on any atom is 0.266 e. The van der Waals surface area contributed by atoms with E-state index in [2.05, 4.69) is 17.3 Å². The summed E-state index contributed by atoms with van der Waals surface area (Å²) in [6.07, 6.45) is 7.06. The molecular weight excluding hydrogens is 208 g/mol. The Morgan fingerprint density at radius 1 is 1.56 bits per heavy atom. The first kappa shape index (κ1) is 12.7. The summed E-state index contributed by atoms with van der Waals surface area (Å²) in [5.74, 6) is 0.488. The minimum absolute atomic E-state index is 0.0811. The number of rotatable bonds is 4. The maximum absolute atomic E-state index is 10.2. The van der Waals surface area contributed by atoms with E-state index in [1.165, 1.54) is 32.1 Å².